The molecule has 1 aliphatic rings. The molecule has 0 amide bonds. The summed E-state index contributed by atoms with van der Waals surface area (Å²) in [5.41, 5.74) is 3.43. The minimum atomic E-state index is 0.430. The van der Waals surface area contributed by atoms with Crippen LogP contribution in [0, 0.1) is 11.3 Å². The van der Waals surface area contributed by atoms with Gasteiger partial charge in [-0.15, -0.1) is 0 Å². The maximum atomic E-state index is 2.33. The third kappa shape index (κ3) is 7.41. The maximum absolute atomic E-state index is 2.33. The molecule has 1 aliphatic carbocycles. The predicted molar refractivity (Wildman–Crippen MR) is 71.0 cm³/mol. The average molecular weight is 208 g/mol. The zero-order valence-corrected chi connectivity index (χ0v) is 11.6. The van der Waals surface area contributed by atoms with Gasteiger partial charge in [-0.25, -0.2) is 0 Å². The molecule has 0 aliphatic heterocycles. The summed E-state index contributed by atoms with van der Waals surface area (Å²) in [6.45, 7) is 15.5. The fourth-order valence-corrected chi connectivity index (χ4v) is 1.37. The second-order valence-electron chi connectivity index (χ2n) is 6.08. The van der Waals surface area contributed by atoms with Crippen molar-refractivity contribution in [2.45, 2.75) is 61.3 Å². The third-order valence-corrected chi connectivity index (χ3v) is 2.42. The van der Waals surface area contributed by atoms with Crippen LogP contribution in [0.4, 0.5) is 0 Å². The van der Waals surface area contributed by atoms with Crippen LogP contribution in [0.3, 0.4) is 0 Å². The standard InChI is InChI=1S/C11H18.C4H10/c1-9(2)10-5-7-11(3,4)8-6-10;1-4(2)3/h5,7H,6,8H2,1-4H3;4H,1-3H3. The van der Waals surface area contributed by atoms with Crippen LogP contribution in [0.1, 0.15) is 61.3 Å². The van der Waals surface area contributed by atoms with E-state index >= 15 is 0 Å². The Morgan fingerprint density at radius 3 is 1.93 bits per heavy atom. The second kappa shape index (κ2) is 6.15. The van der Waals surface area contributed by atoms with Gasteiger partial charge in [0, 0.05) is 0 Å². The van der Waals surface area contributed by atoms with Gasteiger partial charge >= 0.3 is 0 Å². The molecular formula is C15H28. The molecule has 1 rings (SSSR count). The Balaban J connectivity index is 0.000000423. The summed E-state index contributed by atoms with van der Waals surface area (Å²) in [6, 6.07) is 0. The van der Waals surface area contributed by atoms with Gasteiger partial charge < -0.3 is 0 Å². The van der Waals surface area contributed by atoms with E-state index in [0.717, 1.165) is 5.92 Å². The maximum Gasteiger partial charge on any atom is -0.0168 e. The molecular weight excluding hydrogens is 180 g/mol. The summed E-state index contributed by atoms with van der Waals surface area (Å²) in [7, 11) is 0. The van der Waals surface area contributed by atoms with E-state index in [-0.39, 0.29) is 0 Å². The lowest BCUT2D eigenvalue weighted by Crippen LogP contribution is -2.11. The highest BCUT2D eigenvalue weighted by molar-refractivity contribution is 5.27. The van der Waals surface area contributed by atoms with Gasteiger partial charge in [0.05, 0.1) is 0 Å². The van der Waals surface area contributed by atoms with Crippen molar-refractivity contribution >= 4 is 0 Å². The molecule has 0 aromatic rings. The summed E-state index contributed by atoms with van der Waals surface area (Å²) in [5.74, 6) is 0.833. The molecule has 0 nitrogen and oxygen atoms in total. The molecule has 0 saturated carbocycles. The zero-order valence-electron chi connectivity index (χ0n) is 11.6. The van der Waals surface area contributed by atoms with Gasteiger partial charge in [0.25, 0.3) is 0 Å². The lowest BCUT2D eigenvalue weighted by Gasteiger charge is -2.25. The van der Waals surface area contributed by atoms with Gasteiger partial charge in [-0.1, -0.05) is 52.3 Å². The van der Waals surface area contributed by atoms with Crippen LogP contribution in [0.5, 0.6) is 0 Å². The molecule has 0 aromatic carbocycles. The summed E-state index contributed by atoms with van der Waals surface area (Å²) in [4.78, 5) is 0. The van der Waals surface area contributed by atoms with Crippen molar-refractivity contribution in [3.63, 3.8) is 0 Å². The second-order valence-corrected chi connectivity index (χ2v) is 6.08. The van der Waals surface area contributed by atoms with Crippen molar-refractivity contribution in [2.24, 2.45) is 11.3 Å². The Bertz CT molecular complexity index is 232. The van der Waals surface area contributed by atoms with Crippen molar-refractivity contribution in [2.75, 3.05) is 0 Å². The largest absolute Gasteiger partial charge is 0.0786 e. The third-order valence-electron chi connectivity index (χ3n) is 2.42. The van der Waals surface area contributed by atoms with Crippen molar-refractivity contribution in [3.8, 4) is 0 Å². The van der Waals surface area contributed by atoms with E-state index in [1.54, 1.807) is 0 Å². The Morgan fingerprint density at radius 2 is 1.67 bits per heavy atom. The smallest absolute Gasteiger partial charge is 0.0168 e. The van der Waals surface area contributed by atoms with E-state index in [2.05, 4.69) is 60.6 Å². The molecule has 0 unspecified atom stereocenters. The SMILES string of the molecule is CC(C)=C1C=CC(C)(C)CC1.CC(C)C. The topological polar surface area (TPSA) is 0 Å². The van der Waals surface area contributed by atoms with E-state index < -0.39 is 0 Å². The molecule has 0 N–H and O–H groups in total. The van der Waals surface area contributed by atoms with E-state index in [4.69, 9.17) is 0 Å². The molecule has 0 heterocycles. The Hall–Kier alpha value is -0.520. The Kier molecular flexibility index (Phi) is 5.93. The van der Waals surface area contributed by atoms with Crippen LogP contribution >= 0.6 is 0 Å². The van der Waals surface area contributed by atoms with Crippen molar-refractivity contribution in [1.82, 2.24) is 0 Å². The van der Waals surface area contributed by atoms with Crippen LogP contribution in [0.25, 0.3) is 0 Å². The highest BCUT2D eigenvalue weighted by Gasteiger charge is 2.17. The first-order chi connectivity index (χ1) is 6.74. The Labute approximate surface area is 96.5 Å². The van der Waals surface area contributed by atoms with E-state index in [1.807, 2.05) is 0 Å². The fraction of sp³-hybridized carbons (Fsp3) is 0.733. The van der Waals surface area contributed by atoms with Crippen molar-refractivity contribution in [3.05, 3.63) is 23.3 Å². The number of allylic oxidation sites excluding steroid dienone is 4. The lowest BCUT2D eigenvalue weighted by atomic mass is 9.80. The number of hydrogen-bond acceptors (Lipinski definition) is 0. The van der Waals surface area contributed by atoms with Gasteiger partial charge in [0.1, 0.15) is 0 Å². The molecule has 0 spiro atoms. The first kappa shape index (κ1) is 14.5. The molecule has 88 valence electrons. The monoisotopic (exact) mass is 208 g/mol. The molecule has 0 atom stereocenters. The van der Waals surface area contributed by atoms with Gasteiger partial charge in [-0.2, -0.15) is 0 Å². The summed E-state index contributed by atoms with van der Waals surface area (Å²) >= 11 is 0. The first-order valence-corrected chi connectivity index (χ1v) is 6.10. The minimum absolute atomic E-state index is 0.430. The van der Waals surface area contributed by atoms with Gasteiger partial charge in [0.15, 0.2) is 0 Å². The zero-order chi connectivity index (χ0) is 12.1. The van der Waals surface area contributed by atoms with E-state index in [0.29, 0.717) is 5.41 Å². The van der Waals surface area contributed by atoms with E-state index in [9.17, 15) is 0 Å². The molecule has 0 fully saturated rings. The average Bonchev–Trinajstić information content (AvgIpc) is 2.01. The quantitative estimate of drug-likeness (QED) is 0.502. The predicted octanol–water partition coefficient (Wildman–Crippen LogP) is 5.36. The summed E-state index contributed by atoms with van der Waals surface area (Å²) in [5, 5.41) is 0. The van der Waals surface area contributed by atoms with E-state index in [1.165, 1.54) is 24.0 Å². The van der Waals surface area contributed by atoms with Gasteiger partial charge in [0.2, 0.25) is 0 Å². The minimum Gasteiger partial charge on any atom is -0.0786 e. The van der Waals surface area contributed by atoms with Crippen molar-refractivity contribution in [1.29, 1.82) is 0 Å². The fourth-order valence-electron chi connectivity index (χ4n) is 1.37. The number of hydrogen-bond donors (Lipinski definition) is 0. The lowest BCUT2D eigenvalue weighted by molar-refractivity contribution is 0.427. The van der Waals surface area contributed by atoms with Crippen LogP contribution < -0.4 is 0 Å². The number of rotatable bonds is 0. The normalized spacial score (nSPS) is 18.5. The van der Waals surface area contributed by atoms with Gasteiger partial charge in [-0.3, -0.25) is 0 Å². The highest BCUT2D eigenvalue weighted by atomic mass is 14.2. The summed E-state index contributed by atoms with van der Waals surface area (Å²) < 4.78 is 0. The van der Waals surface area contributed by atoms with Crippen LogP contribution in [0.2, 0.25) is 0 Å². The first-order valence-electron chi connectivity index (χ1n) is 6.10. The van der Waals surface area contributed by atoms with Crippen LogP contribution in [-0.2, 0) is 0 Å². The molecule has 0 bridgehead atoms. The molecule has 0 radical (unpaired) electrons. The van der Waals surface area contributed by atoms with Crippen LogP contribution in [-0.4, -0.2) is 0 Å². The molecule has 0 saturated heterocycles. The molecule has 0 heteroatoms. The van der Waals surface area contributed by atoms with Crippen LogP contribution in [0.15, 0.2) is 23.3 Å². The van der Waals surface area contributed by atoms with Gasteiger partial charge in [-0.05, 0) is 43.6 Å². The summed E-state index contributed by atoms with van der Waals surface area (Å²) in [6.07, 6.45) is 7.17. The molecule has 15 heavy (non-hydrogen) atoms. The Morgan fingerprint density at radius 1 is 1.20 bits per heavy atom. The highest BCUT2D eigenvalue weighted by Crippen LogP contribution is 2.32. The molecule has 0 aromatic heterocycles. The van der Waals surface area contributed by atoms with Crippen molar-refractivity contribution < 1.29 is 0 Å².